The first-order valence-electron chi connectivity index (χ1n) is 11.1. The maximum atomic E-state index is 13.1. The van der Waals surface area contributed by atoms with Gasteiger partial charge in [-0.25, -0.2) is 8.42 Å². The average Bonchev–Trinajstić information content (AvgIpc) is 2.83. The Morgan fingerprint density at radius 3 is 2.36 bits per heavy atom. The van der Waals surface area contributed by atoms with Gasteiger partial charge in [-0.2, -0.15) is 0 Å². The SMILES string of the molecule is COc1ccc2c(c1)/C(=C/C(=O)c1ccc(NS(=O)(=O)c3ccc([N+](=O)[O-])cc3)cc1)NC(C)(C)C2. The summed E-state index contributed by atoms with van der Waals surface area (Å²) in [5, 5.41) is 14.2. The number of methoxy groups -OCH3 is 1. The third kappa shape index (κ3) is 5.38. The van der Waals surface area contributed by atoms with Crippen molar-refractivity contribution in [2.45, 2.75) is 30.7 Å². The number of nitro benzene ring substituents is 1. The molecule has 1 aliphatic heterocycles. The van der Waals surface area contributed by atoms with Gasteiger partial charge in [-0.3, -0.25) is 19.6 Å². The summed E-state index contributed by atoms with van der Waals surface area (Å²) in [5.41, 5.74) is 2.88. The van der Waals surface area contributed by atoms with Gasteiger partial charge >= 0.3 is 0 Å². The van der Waals surface area contributed by atoms with Gasteiger partial charge in [0, 0.05) is 46.3 Å². The second-order valence-electron chi connectivity index (χ2n) is 9.06. The van der Waals surface area contributed by atoms with Crippen LogP contribution in [0.3, 0.4) is 0 Å². The summed E-state index contributed by atoms with van der Waals surface area (Å²) in [6, 6.07) is 16.4. The molecule has 186 valence electrons. The topological polar surface area (TPSA) is 128 Å². The number of non-ortho nitro benzene ring substituents is 1. The second-order valence-corrected chi connectivity index (χ2v) is 10.7. The van der Waals surface area contributed by atoms with Crippen LogP contribution in [0.4, 0.5) is 11.4 Å². The molecule has 3 aromatic carbocycles. The minimum atomic E-state index is -3.96. The average molecular weight is 508 g/mol. The number of ether oxygens (including phenoxy) is 1. The van der Waals surface area contributed by atoms with Crippen LogP contribution in [0, 0.1) is 10.1 Å². The molecular weight excluding hydrogens is 482 g/mol. The Bertz CT molecular complexity index is 1460. The van der Waals surface area contributed by atoms with Crippen LogP contribution in [0.15, 0.2) is 77.7 Å². The highest BCUT2D eigenvalue weighted by atomic mass is 32.2. The Hall–Kier alpha value is -4.18. The smallest absolute Gasteiger partial charge is 0.269 e. The van der Waals surface area contributed by atoms with Crippen LogP contribution in [0.1, 0.15) is 35.3 Å². The van der Waals surface area contributed by atoms with E-state index in [4.69, 9.17) is 4.74 Å². The molecule has 1 heterocycles. The first kappa shape index (κ1) is 24.9. The fourth-order valence-electron chi connectivity index (χ4n) is 4.03. The normalized spacial score (nSPS) is 15.5. The minimum absolute atomic E-state index is 0.113. The molecule has 3 aromatic rings. The maximum Gasteiger partial charge on any atom is 0.269 e. The number of sulfonamides is 1. The van der Waals surface area contributed by atoms with Crippen LogP contribution in [0.5, 0.6) is 5.75 Å². The zero-order chi connectivity index (χ0) is 26.1. The molecule has 0 radical (unpaired) electrons. The number of benzene rings is 3. The number of allylic oxidation sites excluding steroid dienone is 1. The Labute approximate surface area is 209 Å². The first-order valence-corrected chi connectivity index (χ1v) is 12.5. The van der Waals surface area contributed by atoms with Crippen molar-refractivity contribution in [2.75, 3.05) is 11.8 Å². The molecule has 36 heavy (non-hydrogen) atoms. The van der Waals surface area contributed by atoms with Crippen LogP contribution >= 0.6 is 0 Å². The second kappa shape index (κ2) is 9.46. The van der Waals surface area contributed by atoms with Gasteiger partial charge in [0.05, 0.1) is 16.9 Å². The molecule has 0 aliphatic carbocycles. The van der Waals surface area contributed by atoms with Crippen molar-refractivity contribution >= 4 is 32.9 Å². The van der Waals surface area contributed by atoms with E-state index >= 15 is 0 Å². The van der Waals surface area contributed by atoms with Gasteiger partial charge in [0.1, 0.15) is 5.75 Å². The van der Waals surface area contributed by atoms with Crippen molar-refractivity contribution in [3.63, 3.8) is 0 Å². The summed E-state index contributed by atoms with van der Waals surface area (Å²) < 4.78 is 33.0. The molecule has 0 spiro atoms. The molecule has 0 aromatic heterocycles. The van der Waals surface area contributed by atoms with E-state index in [1.807, 2.05) is 18.2 Å². The summed E-state index contributed by atoms with van der Waals surface area (Å²) in [5.74, 6) is 0.451. The summed E-state index contributed by atoms with van der Waals surface area (Å²) in [7, 11) is -2.36. The number of carbonyl (C=O) groups excluding carboxylic acids is 1. The summed E-state index contributed by atoms with van der Waals surface area (Å²) in [6.45, 7) is 4.12. The van der Waals surface area contributed by atoms with Crippen LogP contribution in [0.25, 0.3) is 5.70 Å². The predicted molar refractivity (Wildman–Crippen MR) is 137 cm³/mol. The van der Waals surface area contributed by atoms with Crippen molar-refractivity contribution < 1.29 is 22.9 Å². The highest BCUT2D eigenvalue weighted by Crippen LogP contribution is 2.32. The minimum Gasteiger partial charge on any atom is -0.497 e. The van der Waals surface area contributed by atoms with Crippen molar-refractivity contribution in [2.24, 2.45) is 0 Å². The number of carbonyl (C=O) groups is 1. The van der Waals surface area contributed by atoms with Crippen LogP contribution in [-0.4, -0.2) is 31.8 Å². The summed E-state index contributed by atoms with van der Waals surface area (Å²) in [6.07, 6.45) is 2.33. The standard InChI is InChI=1S/C26H25N3O6S/c1-26(2)16-18-6-11-21(35-3)14-23(18)24(27-26)15-25(30)17-4-7-19(8-5-17)28-36(33,34)22-12-9-20(10-13-22)29(31)32/h4-15,27-28H,16H2,1-3H3/b24-15-. The van der Waals surface area contributed by atoms with Gasteiger partial charge in [0.2, 0.25) is 0 Å². The van der Waals surface area contributed by atoms with Crippen molar-refractivity contribution in [1.82, 2.24) is 5.32 Å². The van der Waals surface area contributed by atoms with Gasteiger partial charge in [0.25, 0.3) is 15.7 Å². The summed E-state index contributed by atoms with van der Waals surface area (Å²) >= 11 is 0. The van der Waals surface area contributed by atoms with E-state index in [1.54, 1.807) is 7.11 Å². The molecule has 9 nitrogen and oxygen atoms in total. The third-order valence-corrected chi connectivity index (χ3v) is 7.16. The number of hydrogen-bond acceptors (Lipinski definition) is 7. The fraction of sp³-hybridized carbons (Fsp3) is 0.192. The zero-order valence-electron chi connectivity index (χ0n) is 19.9. The third-order valence-electron chi connectivity index (χ3n) is 5.77. The molecule has 1 aliphatic rings. The lowest BCUT2D eigenvalue weighted by Crippen LogP contribution is -2.43. The van der Waals surface area contributed by atoms with E-state index in [0.717, 1.165) is 41.8 Å². The van der Waals surface area contributed by atoms with Gasteiger partial charge in [0.15, 0.2) is 5.78 Å². The molecule has 0 saturated carbocycles. The lowest BCUT2D eigenvalue weighted by Gasteiger charge is -2.35. The molecule has 2 N–H and O–H groups in total. The number of ketones is 1. The van der Waals surface area contributed by atoms with Crippen LogP contribution < -0.4 is 14.8 Å². The summed E-state index contributed by atoms with van der Waals surface area (Å²) in [4.78, 5) is 23.1. The van der Waals surface area contributed by atoms with Gasteiger partial charge in [-0.05, 0) is 74.4 Å². The predicted octanol–water partition coefficient (Wildman–Crippen LogP) is 4.55. The lowest BCUT2D eigenvalue weighted by atomic mass is 9.85. The van der Waals surface area contributed by atoms with Gasteiger partial charge < -0.3 is 10.1 Å². The van der Waals surface area contributed by atoms with Crippen LogP contribution in [0.2, 0.25) is 0 Å². The molecule has 0 amide bonds. The largest absolute Gasteiger partial charge is 0.497 e. The number of hydrogen-bond donors (Lipinski definition) is 2. The monoisotopic (exact) mass is 507 g/mol. The highest BCUT2D eigenvalue weighted by Gasteiger charge is 2.28. The molecule has 0 bridgehead atoms. The number of rotatable bonds is 7. The van der Waals surface area contributed by atoms with Crippen LogP contribution in [-0.2, 0) is 16.4 Å². The van der Waals surface area contributed by atoms with Crippen molar-refractivity contribution in [1.29, 1.82) is 0 Å². The maximum absolute atomic E-state index is 13.1. The van der Waals surface area contributed by atoms with E-state index in [-0.39, 0.29) is 27.6 Å². The van der Waals surface area contributed by atoms with Gasteiger partial charge in [-0.15, -0.1) is 0 Å². The van der Waals surface area contributed by atoms with Gasteiger partial charge in [-0.1, -0.05) is 6.07 Å². The lowest BCUT2D eigenvalue weighted by molar-refractivity contribution is -0.384. The van der Waals surface area contributed by atoms with E-state index < -0.39 is 14.9 Å². The zero-order valence-corrected chi connectivity index (χ0v) is 20.8. The number of fused-ring (bicyclic) bond motifs is 1. The molecule has 0 atom stereocenters. The quantitative estimate of drug-likeness (QED) is 0.208. The van der Waals surface area contributed by atoms with Crippen molar-refractivity contribution in [3.8, 4) is 5.75 Å². The number of nitrogens with one attached hydrogen (secondary N) is 2. The van der Waals surface area contributed by atoms with Crippen molar-refractivity contribution in [3.05, 3.63) is 99.6 Å². The van der Waals surface area contributed by atoms with E-state index in [0.29, 0.717) is 17.0 Å². The molecule has 0 fully saturated rings. The number of nitro groups is 1. The molecule has 10 heteroatoms. The van der Waals surface area contributed by atoms with E-state index in [1.165, 1.54) is 30.3 Å². The van der Waals surface area contributed by atoms with E-state index in [9.17, 15) is 23.3 Å². The Kier molecular flexibility index (Phi) is 6.55. The number of nitrogens with zero attached hydrogens (tertiary/aromatic N) is 1. The number of anilines is 1. The molecule has 4 rings (SSSR count). The molecule has 0 saturated heterocycles. The fourth-order valence-corrected chi connectivity index (χ4v) is 5.09. The Balaban J connectivity index is 1.55. The molecule has 0 unspecified atom stereocenters. The Morgan fingerprint density at radius 2 is 1.75 bits per heavy atom. The highest BCUT2D eigenvalue weighted by molar-refractivity contribution is 7.92. The Morgan fingerprint density at radius 1 is 1.08 bits per heavy atom. The first-order chi connectivity index (χ1) is 17.0. The molecular formula is C26H25N3O6S. The van der Waals surface area contributed by atoms with E-state index in [2.05, 4.69) is 23.9 Å².